The van der Waals surface area contributed by atoms with Gasteiger partial charge in [-0.25, -0.2) is 9.18 Å². The maximum atomic E-state index is 13.2. The number of ether oxygens (including phenoxy) is 1. The second-order valence-electron chi connectivity index (χ2n) is 2.70. The molecule has 0 aromatic heterocycles. The quantitative estimate of drug-likeness (QED) is 0.827. The minimum absolute atomic E-state index is 0.0736. The third kappa shape index (κ3) is 2.81. The van der Waals surface area contributed by atoms with E-state index in [1.54, 1.807) is 0 Å². The van der Waals surface area contributed by atoms with Crippen molar-refractivity contribution in [3.63, 3.8) is 0 Å². The fraction of sp³-hybridized carbons (Fsp3) is 0.222. The number of benzene rings is 1. The van der Waals surface area contributed by atoms with Gasteiger partial charge in [-0.3, -0.25) is 0 Å². The maximum absolute atomic E-state index is 13.2. The fourth-order valence-corrected chi connectivity index (χ4v) is 1.24. The second-order valence-corrected chi connectivity index (χ2v) is 3.14. The predicted octanol–water partition coefficient (Wildman–Crippen LogP) is 1.51. The van der Waals surface area contributed by atoms with Gasteiger partial charge in [0.2, 0.25) is 0 Å². The van der Waals surface area contributed by atoms with Crippen LogP contribution in [0.3, 0.4) is 0 Å². The molecule has 0 unspecified atom stereocenters. The molecule has 0 saturated heterocycles. The van der Waals surface area contributed by atoms with Crippen LogP contribution in [0.25, 0.3) is 0 Å². The minimum atomic E-state index is -1.41. The number of carboxylic acids is 1. The molecule has 0 bridgehead atoms. The molecule has 0 fully saturated rings. The molecule has 0 aliphatic heterocycles. The average Bonchev–Trinajstić information content (AvgIpc) is 2.12. The number of nitrogens with two attached hydrogens (primary N) is 1. The second kappa shape index (κ2) is 4.95. The molecule has 0 aliphatic carbocycles. The van der Waals surface area contributed by atoms with E-state index in [9.17, 15) is 9.18 Å². The van der Waals surface area contributed by atoms with Crippen molar-refractivity contribution in [2.24, 2.45) is 5.73 Å². The number of hydrogen-bond acceptors (Lipinski definition) is 3. The first kappa shape index (κ1) is 11.7. The molecule has 82 valence electrons. The summed E-state index contributed by atoms with van der Waals surface area (Å²) in [4.78, 5) is 10.7. The highest BCUT2D eigenvalue weighted by Gasteiger charge is 2.18. The smallest absolute Gasteiger partial charge is 0.342 e. The van der Waals surface area contributed by atoms with E-state index < -0.39 is 17.3 Å². The van der Waals surface area contributed by atoms with Gasteiger partial charge in [0.1, 0.15) is 23.7 Å². The number of hydrogen-bond donors (Lipinski definition) is 2. The summed E-state index contributed by atoms with van der Waals surface area (Å²) in [7, 11) is 0. The minimum Gasteiger partial charge on any atom is -0.491 e. The third-order valence-electron chi connectivity index (χ3n) is 1.61. The van der Waals surface area contributed by atoms with Crippen molar-refractivity contribution in [3.8, 4) is 5.75 Å². The molecule has 1 aromatic carbocycles. The van der Waals surface area contributed by atoms with Crippen molar-refractivity contribution in [2.45, 2.75) is 0 Å². The standard InChI is InChI=1S/C9H9ClFNO3/c10-5-3-6(11)8(9(13)14)7(4-5)15-2-1-12/h3-4H,1-2,12H2,(H,13,14). The van der Waals surface area contributed by atoms with Crippen LogP contribution in [0.1, 0.15) is 10.4 Å². The number of rotatable bonds is 4. The van der Waals surface area contributed by atoms with Crippen LogP contribution in [0.5, 0.6) is 5.75 Å². The molecular formula is C9H9ClFNO3. The summed E-state index contributed by atoms with van der Waals surface area (Å²) in [6.07, 6.45) is 0. The zero-order chi connectivity index (χ0) is 11.4. The van der Waals surface area contributed by atoms with Crippen LogP contribution in [0.2, 0.25) is 5.02 Å². The summed E-state index contributed by atoms with van der Waals surface area (Å²) in [6, 6.07) is 2.16. The van der Waals surface area contributed by atoms with E-state index in [-0.39, 0.29) is 23.9 Å². The van der Waals surface area contributed by atoms with Crippen LogP contribution >= 0.6 is 11.6 Å². The van der Waals surface area contributed by atoms with E-state index in [0.29, 0.717) is 0 Å². The summed E-state index contributed by atoms with van der Waals surface area (Å²) in [6.45, 7) is 0.299. The normalized spacial score (nSPS) is 10.1. The Bertz CT molecular complexity index is 384. The number of carbonyl (C=O) groups is 1. The van der Waals surface area contributed by atoms with Crippen molar-refractivity contribution >= 4 is 17.6 Å². The zero-order valence-corrected chi connectivity index (χ0v) is 8.42. The van der Waals surface area contributed by atoms with Gasteiger partial charge in [0.25, 0.3) is 0 Å². The molecule has 15 heavy (non-hydrogen) atoms. The van der Waals surface area contributed by atoms with Gasteiger partial charge in [-0.15, -0.1) is 0 Å². The Kier molecular flexibility index (Phi) is 3.88. The molecule has 0 spiro atoms. The highest BCUT2D eigenvalue weighted by atomic mass is 35.5. The number of halogens is 2. The summed E-state index contributed by atoms with van der Waals surface area (Å²) < 4.78 is 18.2. The van der Waals surface area contributed by atoms with Crippen molar-refractivity contribution < 1.29 is 19.0 Å². The predicted molar refractivity (Wildman–Crippen MR) is 52.9 cm³/mol. The Morgan fingerprint density at radius 2 is 2.27 bits per heavy atom. The first-order valence-electron chi connectivity index (χ1n) is 4.11. The van der Waals surface area contributed by atoms with Gasteiger partial charge < -0.3 is 15.6 Å². The monoisotopic (exact) mass is 233 g/mol. The highest BCUT2D eigenvalue weighted by molar-refractivity contribution is 6.30. The van der Waals surface area contributed by atoms with Crippen molar-refractivity contribution in [3.05, 3.63) is 28.5 Å². The molecule has 0 radical (unpaired) electrons. The SMILES string of the molecule is NCCOc1cc(Cl)cc(F)c1C(=O)O. The lowest BCUT2D eigenvalue weighted by atomic mass is 10.2. The van der Waals surface area contributed by atoms with Crippen LogP contribution in [-0.4, -0.2) is 24.2 Å². The molecule has 4 nitrogen and oxygen atoms in total. The number of aromatic carboxylic acids is 1. The van der Waals surface area contributed by atoms with E-state index in [4.69, 9.17) is 27.2 Å². The first-order chi connectivity index (χ1) is 7.06. The highest BCUT2D eigenvalue weighted by Crippen LogP contribution is 2.26. The lowest BCUT2D eigenvalue weighted by Gasteiger charge is -2.09. The lowest BCUT2D eigenvalue weighted by Crippen LogP contribution is -2.13. The summed E-state index contributed by atoms with van der Waals surface area (Å²) in [5.41, 5.74) is 4.65. The van der Waals surface area contributed by atoms with Gasteiger partial charge in [0, 0.05) is 11.6 Å². The molecule has 0 amide bonds. The van der Waals surface area contributed by atoms with Gasteiger partial charge in [0.05, 0.1) is 0 Å². The molecular weight excluding hydrogens is 225 g/mol. The summed E-state index contributed by atoms with van der Waals surface area (Å²) in [5.74, 6) is -2.45. The van der Waals surface area contributed by atoms with E-state index >= 15 is 0 Å². The molecule has 0 atom stereocenters. The average molecular weight is 234 g/mol. The number of carboxylic acid groups (broad SMARTS) is 1. The molecule has 0 heterocycles. The molecule has 0 saturated carbocycles. The van der Waals surface area contributed by atoms with Crippen molar-refractivity contribution in [1.29, 1.82) is 0 Å². The van der Waals surface area contributed by atoms with Gasteiger partial charge in [-0.05, 0) is 12.1 Å². The van der Waals surface area contributed by atoms with E-state index in [0.717, 1.165) is 6.07 Å². The maximum Gasteiger partial charge on any atom is 0.342 e. The molecule has 1 rings (SSSR count). The Balaban J connectivity index is 3.14. The van der Waals surface area contributed by atoms with E-state index in [1.165, 1.54) is 6.07 Å². The molecule has 6 heteroatoms. The van der Waals surface area contributed by atoms with Gasteiger partial charge in [-0.1, -0.05) is 11.6 Å². The van der Waals surface area contributed by atoms with Gasteiger partial charge in [-0.2, -0.15) is 0 Å². The Morgan fingerprint density at radius 1 is 1.60 bits per heavy atom. The largest absolute Gasteiger partial charge is 0.491 e. The van der Waals surface area contributed by atoms with Crippen molar-refractivity contribution in [2.75, 3.05) is 13.2 Å². The van der Waals surface area contributed by atoms with Gasteiger partial charge >= 0.3 is 5.97 Å². The fourth-order valence-electron chi connectivity index (χ4n) is 1.04. The topological polar surface area (TPSA) is 72.5 Å². The lowest BCUT2D eigenvalue weighted by molar-refractivity contribution is 0.0687. The van der Waals surface area contributed by atoms with E-state index in [1.807, 2.05) is 0 Å². The van der Waals surface area contributed by atoms with Crippen LogP contribution in [-0.2, 0) is 0 Å². The zero-order valence-electron chi connectivity index (χ0n) is 7.67. The van der Waals surface area contributed by atoms with Crippen LogP contribution in [0.15, 0.2) is 12.1 Å². The Hall–Kier alpha value is -1.33. The summed E-state index contributed by atoms with van der Waals surface area (Å²) in [5, 5.41) is 8.82. The first-order valence-corrected chi connectivity index (χ1v) is 4.49. The van der Waals surface area contributed by atoms with Gasteiger partial charge in [0.15, 0.2) is 0 Å². The molecule has 1 aromatic rings. The third-order valence-corrected chi connectivity index (χ3v) is 1.83. The van der Waals surface area contributed by atoms with Crippen molar-refractivity contribution in [1.82, 2.24) is 0 Å². The Labute approximate surface area is 90.4 Å². The summed E-state index contributed by atoms with van der Waals surface area (Å²) >= 11 is 5.56. The molecule has 0 aliphatic rings. The molecule has 3 N–H and O–H groups in total. The van der Waals surface area contributed by atoms with Crippen LogP contribution in [0.4, 0.5) is 4.39 Å². The van der Waals surface area contributed by atoms with Crippen LogP contribution in [0, 0.1) is 5.82 Å². The van der Waals surface area contributed by atoms with Crippen LogP contribution < -0.4 is 10.5 Å². The van der Waals surface area contributed by atoms with E-state index in [2.05, 4.69) is 0 Å². The Morgan fingerprint density at radius 3 is 2.80 bits per heavy atom.